The van der Waals surface area contributed by atoms with Crippen molar-refractivity contribution in [2.75, 3.05) is 11.9 Å². The number of alkyl halides is 4. The minimum atomic E-state index is -4.54. The molecule has 3 aromatic rings. The maximum Gasteiger partial charge on any atom is 0.433 e. The Kier molecular flexibility index (Phi) is 6.68. The van der Waals surface area contributed by atoms with Crippen molar-refractivity contribution < 1.29 is 22.4 Å². The van der Waals surface area contributed by atoms with Gasteiger partial charge in [0.15, 0.2) is 0 Å². The molecule has 3 aromatic heterocycles. The van der Waals surface area contributed by atoms with Crippen LogP contribution in [0.2, 0.25) is 0 Å². The van der Waals surface area contributed by atoms with Gasteiger partial charge in [0.25, 0.3) is 0 Å². The van der Waals surface area contributed by atoms with Crippen molar-refractivity contribution in [2.24, 2.45) is 5.92 Å². The molecule has 1 aliphatic rings. The van der Waals surface area contributed by atoms with Gasteiger partial charge in [0, 0.05) is 36.6 Å². The zero-order chi connectivity index (χ0) is 25.3. The van der Waals surface area contributed by atoms with Crippen molar-refractivity contribution >= 4 is 11.9 Å². The Morgan fingerprint density at radius 2 is 1.86 bits per heavy atom. The van der Waals surface area contributed by atoms with Crippen LogP contribution in [0.3, 0.4) is 0 Å². The largest absolute Gasteiger partial charge is 0.433 e. The fourth-order valence-corrected chi connectivity index (χ4v) is 4.17. The molecule has 2 N–H and O–H groups in total. The van der Waals surface area contributed by atoms with Gasteiger partial charge in [-0.3, -0.25) is 14.8 Å². The number of rotatable bonds is 6. The van der Waals surface area contributed by atoms with E-state index in [1.807, 2.05) is 6.92 Å². The van der Waals surface area contributed by atoms with Gasteiger partial charge >= 0.3 is 6.18 Å². The lowest BCUT2D eigenvalue weighted by Crippen LogP contribution is -2.23. The lowest BCUT2D eigenvalue weighted by Gasteiger charge is -2.19. The first-order valence-corrected chi connectivity index (χ1v) is 11.1. The number of hydrogen-bond donors (Lipinski definition) is 2. The monoisotopic (exact) mass is 488 g/mol. The topological polar surface area (TPSA) is 92.7 Å². The molecule has 4 heterocycles. The molecule has 11 heteroatoms. The third-order valence-electron chi connectivity index (χ3n) is 6.09. The Bertz CT molecular complexity index is 1230. The Morgan fingerprint density at radius 1 is 1.11 bits per heavy atom. The predicted molar refractivity (Wildman–Crippen MR) is 121 cm³/mol. The van der Waals surface area contributed by atoms with E-state index in [2.05, 4.69) is 30.6 Å². The molecule has 1 aliphatic heterocycles. The predicted octanol–water partition coefficient (Wildman–Crippen LogP) is 4.62. The van der Waals surface area contributed by atoms with Gasteiger partial charge in [-0.2, -0.15) is 13.2 Å². The molecule has 1 saturated heterocycles. The molecule has 0 aliphatic carbocycles. The van der Waals surface area contributed by atoms with Crippen LogP contribution in [0, 0.1) is 12.8 Å². The first-order chi connectivity index (χ1) is 16.5. The molecule has 0 aromatic carbocycles. The highest BCUT2D eigenvalue weighted by Crippen LogP contribution is 2.33. The van der Waals surface area contributed by atoms with Crippen molar-refractivity contribution in [3.63, 3.8) is 0 Å². The fourth-order valence-electron chi connectivity index (χ4n) is 4.17. The van der Waals surface area contributed by atoms with Gasteiger partial charge in [0.1, 0.15) is 11.9 Å². The molecular weight excluding hydrogens is 464 g/mol. The summed E-state index contributed by atoms with van der Waals surface area (Å²) in [5.41, 5.74) is 1.75. The normalized spacial score (nSPS) is 19.8. The van der Waals surface area contributed by atoms with E-state index in [1.54, 1.807) is 19.1 Å². The van der Waals surface area contributed by atoms with Gasteiger partial charge in [-0.15, -0.1) is 0 Å². The maximum atomic E-state index is 14.0. The minimum Gasteiger partial charge on any atom is -0.355 e. The number of aryl methyl sites for hydroxylation is 1. The van der Waals surface area contributed by atoms with Gasteiger partial charge in [-0.1, -0.05) is 0 Å². The van der Waals surface area contributed by atoms with E-state index in [9.17, 15) is 22.4 Å². The Morgan fingerprint density at radius 3 is 2.54 bits per heavy atom. The lowest BCUT2D eigenvalue weighted by molar-refractivity contribution is -0.141. The van der Waals surface area contributed by atoms with Crippen molar-refractivity contribution in [3.05, 3.63) is 65.5 Å². The average molecular weight is 488 g/mol. The van der Waals surface area contributed by atoms with E-state index in [-0.39, 0.29) is 24.4 Å². The number of nitrogens with one attached hydrogen (secondary N) is 2. The number of pyridine rings is 2. The van der Waals surface area contributed by atoms with E-state index < -0.39 is 29.9 Å². The molecule has 1 unspecified atom stereocenters. The number of hydrogen-bond acceptors (Lipinski definition) is 6. The summed E-state index contributed by atoms with van der Waals surface area (Å²) in [6.45, 7) is 5.30. The molecule has 1 amide bonds. The zero-order valence-corrected chi connectivity index (χ0v) is 19.3. The minimum absolute atomic E-state index is 0.252. The van der Waals surface area contributed by atoms with Crippen molar-refractivity contribution in [1.82, 2.24) is 25.3 Å². The standard InChI is InChI=1S/C24H24F4N6O/c1-12-8-19(31-10-16(12)15-4-6-29-20(9-15)24(26,27)28)14(3)33-23-30-7-5-18(34-23)21-17(13(2)25)11-32-22(21)35/h4-10,13-14,17,21H,11H2,1-3H3,(H,32,35)(H,30,33,34)/t13-,14-,17?,21+/m0/s1. The SMILES string of the molecule is Cc1cc([C@H](C)Nc2nccc([C@@H]3C(=O)NCC3[C@H](C)F)n2)ncc1-c1ccnc(C(F)(F)F)c1. The third-order valence-corrected chi connectivity index (χ3v) is 6.09. The summed E-state index contributed by atoms with van der Waals surface area (Å²) in [6, 6.07) is 5.52. The summed E-state index contributed by atoms with van der Waals surface area (Å²) in [5.74, 6) is -1.22. The van der Waals surface area contributed by atoms with E-state index in [1.165, 1.54) is 25.4 Å². The van der Waals surface area contributed by atoms with Gasteiger partial charge < -0.3 is 10.6 Å². The van der Waals surface area contributed by atoms with E-state index in [0.717, 1.165) is 17.8 Å². The smallest absolute Gasteiger partial charge is 0.355 e. The van der Waals surface area contributed by atoms with Crippen LogP contribution in [0.4, 0.5) is 23.5 Å². The summed E-state index contributed by atoms with van der Waals surface area (Å²) in [4.78, 5) is 28.7. The summed E-state index contributed by atoms with van der Waals surface area (Å²) >= 11 is 0. The van der Waals surface area contributed by atoms with E-state index in [4.69, 9.17) is 0 Å². The molecule has 4 atom stereocenters. The second-order valence-electron chi connectivity index (χ2n) is 8.59. The number of carbonyl (C=O) groups excluding carboxylic acids is 1. The summed E-state index contributed by atoms with van der Waals surface area (Å²) in [6.07, 6.45) is -1.56. The molecule has 4 rings (SSSR count). The molecule has 184 valence electrons. The average Bonchev–Trinajstić information content (AvgIpc) is 3.20. The molecule has 0 saturated carbocycles. The zero-order valence-electron chi connectivity index (χ0n) is 19.3. The third kappa shape index (κ3) is 5.23. The fraction of sp³-hybridized carbons (Fsp3) is 0.375. The van der Waals surface area contributed by atoms with Crippen molar-refractivity contribution in [3.8, 4) is 11.1 Å². The maximum absolute atomic E-state index is 14.0. The van der Waals surface area contributed by atoms with Gasteiger partial charge in [0.05, 0.1) is 23.3 Å². The van der Waals surface area contributed by atoms with Crippen molar-refractivity contribution in [2.45, 2.75) is 45.1 Å². The van der Waals surface area contributed by atoms with Crippen LogP contribution in [0.15, 0.2) is 42.9 Å². The molecule has 0 bridgehead atoms. The van der Waals surface area contributed by atoms with Crippen LogP contribution >= 0.6 is 0 Å². The molecule has 0 spiro atoms. The number of anilines is 1. The first-order valence-electron chi connectivity index (χ1n) is 11.1. The molecule has 1 fully saturated rings. The van der Waals surface area contributed by atoms with E-state index >= 15 is 0 Å². The molecule has 35 heavy (non-hydrogen) atoms. The number of halogens is 4. The molecular formula is C24H24F4N6O. The van der Waals surface area contributed by atoms with Crippen LogP contribution in [0.5, 0.6) is 0 Å². The van der Waals surface area contributed by atoms with Crippen LogP contribution in [0.25, 0.3) is 11.1 Å². The van der Waals surface area contributed by atoms with E-state index in [0.29, 0.717) is 22.5 Å². The second kappa shape index (κ2) is 9.55. The van der Waals surface area contributed by atoms with Crippen LogP contribution in [0.1, 0.15) is 48.5 Å². The Balaban J connectivity index is 1.54. The van der Waals surface area contributed by atoms with Gasteiger partial charge in [-0.05, 0) is 56.2 Å². The highest BCUT2D eigenvalue weighted by Gasteiger charge is 2.40. The van der Waals surface area contributed by atoms with Crippen LogP contribution < -0.4 is 10.6 Å². The van der Waals surface area contributed by atoms with Crippen LogP contribution in [-0.4, -0.2) is 38.6 Å². The van der Waals surface area contributed by atoms with Crippen molar-refractivity contribution in [1.29, 1.82) is 0 Å². The van der Waals surface area contributed by atoms with Gasteiger partial charge in [0.2, 0.25) is 11.9 Å². The highest BCUT2D eigenvalue weighted by atomic mass is 19.4. The van der Waals surface area contributed by atoms with Crippen LogP contribution in [-0.2, 0) is 11.0 Å². The quantitative estimate of drug-likeness (QED) is 0.492. The number of nitrogens with zero attached hydrogens (tertiary/aromatic N) is 4. The Labute approximate surface area is 199 Å². The second-order valence-corrected chi connectivity index (χ2v) is 8.59. The molecule has 7 nitrogen and oxygen atoms in total. The number of amides is 1. The highest BCUT2D eigenvalue weighted by molar-refractivity contribution is 5.85. The van der Waals surface area contributed by atoms with Gasteiger partial charge in [-0.25, -0.2) is 14.4 Å². The Hall–Kier alpha value is -3.63. The first kappa shape index (κ1) is 24.5. The summed E-state index contributed by atoms with van der Waals surface area (Å²) in [7, 11) is 0. The number of aromatic nitrogens is 4. The lowest BCUT2D eigenvalue weighted by atomic mass is 9.89. The summed E-state index contributed by atoms with van der Waals surface area (Å²) < 4.78 is 53.1. The molecule has 0 radical (unpaired) electrons. The summed E-state index contributed by atoms with van der Waals surface area (Å²) in [5, 5.41) is 5.81. The number of carbonyl (C=O) groups is 1.